The minimum atomic E-state index is -0.233. The van der Waals surface area contributed by atoms with Crippen molar-refractivity contribution in [1.29, 1.82) is 0 Å². The Kier molecular flexibility index (Phi) is 5.17. The molecule has 0 saturated carbocycles. The van der Waals surface area contributed by atoms with Crippen LogP contribution in [-0.2, 0) is 12.8 Å². The van der Waals surface area contributed by atoms with E-state index in [-0.39, 0.29) is 11.1 Å². The lowest BCUT2D eigenvalue weighted by molar-refractivity contribution is 0.630. The summed E-state index contributed by atoms with van der Waals surface area (Å²) in [5.74, 6) is 0.839. The van der Waals surface area contributed by atoms with Crippen molar-refractivity contribution < 1.29 is 0 Å². The lowest BCUT2D eigenvalue weighted by atomic mass is 10.1. The molecule has 0 saturated heterocycles. The lowest BCUT2D eigenvalue weighted by Gasteiger charge is -2.07. The molecule has 166 valence electrons. The van der Waals surface area contributed by atoms with Gasteiger partial charge in [-0.1, -0.05) is 42.1 Å². The van der Waals surface area contributed by atoms with Gasteiger partial charge in [0.2, 0.25) is 5.16 Å². The van der Waals surface area contributed by atoms with Crippen LogP contribution in [0.3, 0.4) is 0 Å². The molecule has 33 heavy (non-hydrogen) atoms. The molecule has 0 spiro atoms. The molecule has 11 heteroatoms. The molecule has 0 radical (unpaired) electrons. The first kappa shape index (κ1) is 20.9. The third kappa shape index (κ3) is 3.55. The van der Waals surface area contributed by atoms with E-state index in [0.29, 0.717) is 39.0 Å². The third-order valence-corrected chi connectivity index (χ3v) is 6.43. The normalized spacial score (nSPS) is 11.4. The maximum absolute atomic E-state index is 13.3. The van der Waals surface area contributed by atoms with E-state index in [2.05, 4.69) is 25.5 Å². The Hall–Kier alpha value is -3.99. The van der Waals surface area contributed by atoms with Gasteiger partial charge in [-0.25, -0.2) is 9.67 Å². The summed E-state index contributed by atoms with van der Waals surface area (Å²) in [4.78, 5) is 33.2. The fraction of sp³-hybridized carbons (Fsp3) is 0.182. The molecule has 3 heterocycles. The van der Waals surface area contributed by atoms with Gasteiger partial charge in [-0.15, -0.1) is 5.10 Å². The van der Waals surface area contributed by atoms with Gasteiger partial charge in [0.1, 0.15) is 5.82 Å². The highest BCUT2D eigenvalue weighted by molar-refractivity contribution is 7.98. The quantitative estimate of drug-likeness (QED) is 0.400. The number of H-pyrrole nitrogens is 1. The molecule has 0 bridgehead atoms. The number of rotatable bonds is 5. The van der Waals surface area contributed by atoms with E-state index in [9.17, 15) is 9.59 Å². The summed E-state index contributed by atoms with van der Waals surface area (Å²) in [6, 6.07) is 14.9. The second kappa shape index (κ2) is 8.17. The topological polar surface area (TPSA) is 116 Å². The number of fused-ring (bicyclic) bond motifs is 1. The average Bonchev–Trinajstić information content (AvgIpc) is 3.35. The summed E-state index contributed by atoms with van der Waals surface area (Å²) in [6.45, 7) is 3.76. The number of hydrogen-bond acceptors (Lipinski definition) is 7. The zero-order chi connectivity index (χ0) is 23.1. The number of tetrazole rings is 1. The van der Waals surface area contributed by atoms with Crippen molar-refractivity contribution in [1.82, 2.24) is 39.5 Å². The van der Waals surface area contributed by atoms with E-state index in [4.69, 9.17) is 0 Å². The minimum Gasteiger partial charge on any atom is -0.309 e. The highest BCUT2D eigenvalue weighted by atomic mass is 32.2. The number of aromatic amines is 1. The summed E-state index contributed by atoms with van der Waals surface area (Å²) in [5, 5.41) is 12.9. The Morgan fingerprint density at radius 2 is 1.82 bits per heavy atom. The SMILES string of the molecule is Cc1cccc2c(=O)[nH]c(CSc3nnnn3-c3c(C)n(C)n(-c4ccccc4)c3=O)nc12. The monoisotopic (exact) mass is 460 g/mol. The van der Waals surface area contributed by atoms with Crippen LogP contribution in [0.4, 0.5) is 0 Å². The van der Waals surface area contributed by atoms with Crippen LogP contribution in [-0.4, -0.2) is 39.5 Å². The summed E-state index contributed by atoms with van der Waals surface area (Å²) in [6.07, 6.45) is 0. The molecule has 0 aliphatic rings. The molecular weight excluding hydrogens is 440 g/mol. The highest BCUT2D eigenvalue weighted by Gasteiger charge is 2.22. The zero-order valence-corrected chi connectivity index (χ0v) is 19.0. The van der Waals surface area contributed by atoms with E-state index in [0.717, 1.165) is 11.3 Å². The first-order chi connectivity index (χ1) is 16.0. The van der Waals surface area contributed by atoms with Gasteiger partial charge in [0.05, 0.1) is 28.0 Å². The van der Waals surface area contributed by atoms with Gasteiger partial charge in [0.15, 0.2) is 5.69 Å². The van der Waals surface area contributed by atoms with Gasteiger partial charge < -0.3 is 4.98 Å². The minimum absolute atomic E-state index is 0.191. The Labute approximate surface area is 191 Å². The summed E-state index contributed by atoms with van der Waals surface area (Å²) in [7, 11) is 1.82. The number of thioether (sulfide) groups is 1. The van der Waals surface area contributed by atoms with Crippen molar-refractivity contribution in [3.8, 4) is 11.4 Å². The maximum Gasteiger partial charge on any atom is 0.297 e. The first-order valence-corrected chi connectivity index (χ1v) is 11.2. The molecule has 10 nitrogen and oxygen atoms in total. The highest BCUT2D eigenvalue weighted by Crippen LogP contribution is 2.23. The molecule has 3 aromatic heterocycles. The maximum atomic E-state index is 13.3. The van der Waals surface area contributed by atoms with Crippen LogP contribution < -0.4 is 11.1 Å². The van der Waals surface area contributed by atoms with E-state index in [1.165, 1.54) is 16.4 Å². The van der Waals surface area contributed by atoms with Crippen molar-refractivity contribution >= 4 is 22.7 Å². The smallest absolute Gasteiger partial charge is 0.297 e. The number of aromatic nitrogens is 8. The molecule has 0 aliphatic heterocycles. The van der Waals surface area contributed by atoms with E-state index >= 15 is 0 Å². The number of para-hydroxylation sites is 2. The van der Waals surface area contributed by atoms with Crippen LogP contribution in [0.25, 0.3) is 22.3 Å². The average molecular weight is 461 g/mol. The Morgan fingerprint density at radius 1 is 1.03 bits per heavy atom. The summed E-state index contributed by atoms with van der Waals surface area (Å²) < 4.78 is 4.78. The molecule has 0 atom stereocenters. The van der Waals surface area contributed by atoms with Gasteiger partial charge in [-0.05, 0) is 48.0 Å². The van der Waals surface area contributed by atoms with Crippen molar-refractivity contribution in [2.24, 2.45) is 7.05 Å². The molecule has 0 aliphatic carbocycles. The predicted octanol–water partition coefficient (Wildman–Crippen LogP) is 2.30. The Balaban J connectivity index is 1.51. The number of hydrogen-bond donors (Lipinski definition) is 1. The van der Waals surface area contributed by atoms with Crippen molar-refractivity contribution in [3.63, 3.8) is 0 Å². The summed E-state index contributed by atoms with van der Waals surface area (Å²) >= 11 is 1.29. The molecule has 2 aromatic carbocycles. The van der Waals surface area contributed by atoms with Crippen LogP contribution in [0.5, 0.6) is 0 Å². The molecule has 0 unspecified atom stereocenters. The van der Waals surface area contributed by atoms with Crippen LogP contribution in [0, 0.1) is 13.8 Å². The van der Waals surface area contributed by atoms with Crippen LogP contribution in [0.1, 0.15) is 17.1 Å². The first-order valence-electron chi connectivity index (χ1n) is 10.2. The van der Waals surface area contributed by atoms with E-state index in [1.807, 2.05) is 63.4 Å². The predicted molar refractivity (Wildman–Crippen MR) is 125 cm³/mol. The van der Waals surface area contributed by atoms with E-state index < -0.39 is 0 Å². The fourth-order valence-corrected chi connectivity index (χ4v) is 4.51. The molecule has 1 N–H and O–H groups in total. The second-order valence-corrected chi connectivity index (χ2v) is 8.50. The van der Waals surface area contributed by atoms with Gasteiger partial charge in [0, 0.05) is 7.05 Å². The lowest BCUT2D eigenvalue weighted by Crippen LogP contribution is -2.22. The van der Waals surface area contributed by atoms with Gasteiger partial charge in [-0.2, -0.15) is 4.68 Å². The van der Waals surface area contributed by atoms with Gasteiger partial charge >= 0.3 is 0 Å². The number of benzene rings is 2. The zero-order valence-electron chi connectivity index (χ0n) is 18.2. The molecule has 0 amide bonds. The fourth-order valence-electron chi connectivity index (χ4n) is 3.76. The van der Waals surface area contributed by atoms with Crippen molar-refractivity contribution in [2.45, 2.75) is 24.8 Å². The standard InChI is InChI=1S/C22H20N8O2S/c1-13-8-7-11-16-18(13)23-17(24-20(16)31)12-33-22-25-26-27-29(22)19-14(2)28(3)30(21(19)32)15-9-5-4-6-10-15/h4-11H,12H2,1-3H3,(H,23,24,31). The van der Waals surface area contributed by atoms with Crippen LogP contribution >= 0.6 is 11.8 Å². The number of nitrogens with zero attached hydrogens (tertiary/aromatic N) is 7. The van der Waals surface area contributed by atoms with Crippen molar-refractivity contribution in [3.05, 3.63) is 86.3 Å². The molecule has 5 rings (SSSR count). The Morgan fingerprint density at radius 3 is 2.61 bits per heavy atom. The molecule has 5 aromatic rings. The molecular formula is C22H20N8O2S. The largest absolute Gasteiger partial charge is 0.309 e. The number of aryl methyl sites for hydroxylation is 1. The van der Waals surface area contributed by atoms with Gasteiger partial charge in [-0.3, -0.25) is 14.3 Å². The molecule has 0 fully saturated rings. The van der Waals surface area contributed by atoms with E-state index in [1.54, 1.807) is 15.4 Å². The summed E-state index contributed by atoms with van der Waals surface area (Å²) in [5.41, 5.74) is 2.99. The Bertz CT molecular complexity index is 1600. The van der Waals surface area contributed by atoms with Crippen LogP contribution in [0.15, 0.2) is 63.3 Å². The van der Waals surface area contributed by atoms with Crippen LogP contribution in [0.2, 0.25) is 0 Å². The van der Waals surface area contributed by atoms with Crippen molar-refractivity contribution in [2.75, 3.05) is 0 Å². The van der Waals surface area contributed by atoms with Gasteiger partial charge in [0.25, 0.3) is 11.1 Å². The number of nitrogens with one attached hydrogen (secondary N) is 1. The third-order valence-electron chi connectivity index (χ3n) is 5.50. The second-order valence-electron chi connectivity index (χ2n) is 7.56.